The van der Waals surface area contributed by atoms with Crippen LogP contribution in [0.4, 0.5) is 0 Å². The number of phenols is 1. The van der Waals surface area contributed by atoms with E-state index in [1.165, 1.54) is 25.5 Å². The van der Waals surface area contributed by atoms with E-state index in [9.17, 15) is 9.90 Å². The third-order valence-electron chi connectivity index (χ3n) is 3.08. The Morgan fingerprint density at radius 2 is 2.05 bits per heavy atom. The van der Waals surface area contributed by atoms with Crippen molar-refractivity contribution in [2.75, 3.05) is 0 Å². The minimum atomic E-state index is -0.0788. The molecule has 0 saturated heterocycles. The molecule has 2 N–H and O–H groups in total. The van der Waals surface area contributed by atoms with Gasteiger partial charge in [0.1, 0.15) is 5.75 Å². The second-order valence-corrected chi connectivity index (χ2v) is 5.02. The summed E-state index contributed by atoms with van der Waals surface area (Å²) in [5, 5.41) is 13.5. The highest BCUT2D eigenvalue weighted by atomic mass is 16.3. The van der Waals surface area contributed by atoms with Crippen LogP contribution in [0.1, 0.15) is 56.6 Å². The van der Waals surface area contributed by atoms with Crippen molar-refractivity contribution in [1.82, 2.24) is 5.43 Å². The maximum atomic E-state index is 11.5. The summed E-state index contributed by atoms with van der Waals surface area (Å²) in [5.41, 5.74) is 4.13. The van der Waals surface area contributed by atoms with E-state index < -0.39 is 0 Å². The van der Waals surface area contributed by atoms with Gasteiger partial charge in [0, 0.05) is 12.0 Å². The molecule has 110 valence electrons. The Morgan fingerprint density at radius 3 is 2.80 bits per heavy atom. The Hall–Kier alpha value is -1.84. The van der Waals surface area contributed by atoms with Crippen LogP contribution in [0, 0.1) is 6.92 Å². The van der Waals surface area contributed by atoms with Crippen LogP contribution < -0.4 is 5.43 Å². The average molecular weight is 276 g/mol. The van der Waals surface area contributed by atoms with E-state index in [1.807, 2.05) is 19.1 Å². The number of hydrogen-bond donors (Lipinski definition) is 2. The van der Waals surface area contributed by atoms with Gasteiger partial charge in [-0.05, 0) is 25.5 Å². The largest absolute Gasteiger partial charge is 0.507 e. The van der Waals surface area contributed by atoms with E-state index in [0.717, 1.165) is 18.4 Å². The standard InChI is InChI=1S/C16H24N2O2/c1-3-4-5-6-7-8-16(20)18-17-12-14-11-13(2)9-10-15(14)19/h9-12,19H,3-8H2,1-2H3,(H,18,20)/b17-12+. The SMILES string of the molecule is CCCCCCCC(=O)N/N=C/c1cc(C)ccc1O. The number of carbonyl (C=O) groups excluding carboxylic acids is 1. The molecule has 0 aliphatic heterocycles. The van der Waals surface area contributed by atoms with Gasteiger partial charge in [-0.25, -0.2) is 5.43 Å². The van der Waals surface area contributed by atoms with Crippen molar-refractivity contribution in [3.63, 3.8) is 0 Å². The van der Waals surface area contributed by atoms with E-state index >= 15 is 0 Å². The molecule has 0 fully saturated rings. The number of phenolic OH excluding ortho intramolecular Hbond substituents is 1. The molecule has 1 amide bonds. The van der Waals surface area contributed by atoms with Crippen LogP contribution in [-0.4, -0.2) is 17.2 Å². The predicted molar refractivity (Wildman–Crippen MR) is 82.0 cm³/mol. The topological polar surface area (TPSA) is 61.7 Å². The van der Waals surface area contributed by atoms with Gasteiger partial charge in [-0.1, -0.05) is 44.2 Å². The number of hydrogen-bond acceptors (Lipinski definition) is 3. The molecule has 0 saturated carbocycles. The highest BCUT2D eigenvalue weighted by Crippen LogP contribution is 2.15. The normalized spacial score (nSPS) is 10.9. The molecule has 0 bridgehead atoms. The summed E-state index contributed by atoms with van der Waals surface area (Å²) in [6.45, 7) is 4.10. The van der Waals surface area contributed by atoms with Gasteiger partial charge in [0.25, 0.3) is 0 Å². The van der Waals surface area contributed by atoms with Gasteiger partial charge < -0.3 is 5.11 Å². The Morgan fingerprint density at radius 1 is 1.30 bits per heavy atom. The van der Waals surface area contributed by atoms with Gasteiger partial charge in [0.05, 0.1) is 6.21 Å². The van der Waals surface area contributed by atoms with E-state index in [2.05, 4.69) is 17.5 Å². The lowest BCUT2D eigenvalue weighted by Gasteiger charge is -2.01. The molecular weight excluding hydrogens is 252 g/mol. The summed E-state index contributed by atoms with van der Waals surface area (Å²) in [7, 11) is 0. The van der Waals surface area contributed by atoms with Crippen molar-refractivity contribution in [2.45, 2.75) is 52.4 Å². The van der Waals surface area contributed by atoms with Crippen molar-refractivity contribution in [3.05, 3.63) is 29.3 Å². The number of aromatic hydroxyl groups is 1. The van der Waals surface area contributed by atoms with Crippen LogP contribution >= 0.6 is 0 Å². The molecule has 1 aromatic rings. The zero-order valence-corrected chi connectivity index (χ0v) is 12.4. The van der Waals surface area contributed by atoms with Crippen LogP contribution in [0.5, 0.6) is 5.75 Å². The number of nitrogens with zero attached hydrogens (tertiary/aromatic N) is 1. The fourth-order valence-corrected chi connectivity index (χ4v) is 1.90. The minimum Gasteiger partial charge on any atom is -0.507 e. The number of rotatable bonds is 8. The predicted octanol–water partition coefficient (Wildman–Crippen LogP) is 3.51. The maximum absolute atomic E-state index is 11.5. The molecule has 1 aromatic carbocycles. The molecule has 4 heteroatoms. The van der Waals surface area contributed by atoms with E-state index in [4.69, 9.17) is 0 Å². The van der Waals surface area contributed by atoms with E-state index in [1.54, 1.807) is 6.07 Å². The third-order valence-corrected chi connectivity index (χ3v) is 3.08. The van der Waals surface area contributed by atoms with Crippen LogP contribution in [0.2, 0.25) is 0 Å². The van der Waals surface area contributed by atoms with Gasteiger partial charge in [-0.2, -0.15) is 5.10 Å². The van der Waals surface area contributed by atoms with Gasteiger partial charge in [-0.15, -0.1) is 0 Å². The minimum absolute atomic E-state index is 0.0788. The van der Waals surface area contributed by atoms with Gasteiger partial charge >= 0.3 is 0 Å². The van der Waals surface area contributed by atoms with Crippen molar-refractivity contribution >= 4 is 12.1 Å². The Balaban J connectivity index is 2.29. The van der Waals surface area contributed by atoms with Crippen LogP contribution in [0.3, 0.4) is 0 Å². The molecule has 1 rings (SSSR count). The molecular formula is C16H24N2O2. The Kier molecular flexibility index (Phi) is 7.40. The number of benzene rings is 1. The van der Waals surface area contributed by atoms with Crippen molar-refractivity contribution < 1.29 is 9.90 Å². The molecule has 0 aromatic heterocycles. The van der Waals surface area contributed by atoms with E-state index in [0.29, 0.717) is 12.0 Å². The second-order valence-electron chi connectivity index (χ2n) is 5.02. The molecule has 0 radical (unpaired) electrons. The maximum Gasteiger partial charge on any atom is 0.240 e. The number of aryl methyl sites for hydroxylation is 1. The molecule has 0 heterocycles. The van der Waals surface area contributed by atoms with E-state index in [-0.39, 0.29) is 11.7 Å². The first-order chi connectivity index (χ1) is 9.63. The summed E-state index contributed by atoms with van der Waals surface area (Å²) in [6, 6.07) is 5.25. The first-order valence-corrected chi connectivity index (χ1v) is 7.25. The molecule has 0 spiro atoms. The lowest BCUT2D eigenvalue weighted by Crippen LogP contribution is -2.16. The zero-order chi connectivity index (χ0) is 14.8. The van der Waals surface area contributed by atoms with Crippen molar-refractivity contribution in [3.8, 4) is 5.75 Å². The Bertz CT molecular complexity index is 456. The highest BCUT2D eigenvalue weighted by molar-refractivity contribution is 5.85. The first kappa shape index (κ1) is 16.2. The lowest BCUT2D eigenvalue weighted by molar-refractivity contribution is -0.121. The summed E-state index contributed by atoms with van der Waals surface area (Å²) < 4.78 is 0. The molecule has 0 aliphatic rings. The van der Waals surface area contributed by atoms with Gasteiger partial charge in [0.15, 0.2) is 0 Å². The molecule has 20 heavy (non-hydrogen) atoms. The summed E-state index contributed by atoms with van der Waals surface area (Å²) in [6.07, 6.45) is 7.58. The highest BCUT2D eigenvalue weighted by Gasteiger charge is 2.00. The summed E-state index contributed by atoms with van der Waals surface area (Å²) >= 11 is 0. The fourth-order valence-electron chi connectivity index (χ4n) is 1.90. The quantitative estimate of drug-likeness (QED) is 0.433. The number of hydrazone groups is 1. The molecule has 0 unspecified atom stereocenters. The summed E-state index contributed by atoms with van der Waals surface area (Å²) in [4.78, 5) is 11.5. The fraction of sp³-hybridized carbons (Fsp3) is 0.500. The van der Waals surface area contributed by atoms with Gasteiger partial charge in [0.2, 0.25) is 5.91 Å². The molecule has 0 aliphatic carbocycles. The average Bonchev–Trinajstić information content (AvgIpc) is 2.42. The van der Waals surface area contributed by atoms with Crippen molar-refractivity contribution in [2.24, 2.45) is 5.10 Å². The molecule has 0 atom stereocenters. The number of amides is 1. The summed E-state index contributed by atoms with van der Waals surface area (Å²) in [5.74, 6) is 0.0815. The van der Waals surface area contributed by atoms with Crippen LogP contribution in [0.15, 0.2) is 23.3 Å². The third kappa shape index (κ3) is 6.36. The van der Waals surface area contributed by atoms with Gasteiger partial charge in [-0.3, -0.25) is 4.79 Å². The lowest BCUT2D eigenvalue weighted by atomic mass is 10.1. The molecule has 4 nitrogen and oxygen atoms in total. The number of nitrogens with one attached hydrogen (secondary N) is 1. The number of unbranched alkanes of at least 4 members (excludes halogenated alkanes) is 4. The van der Waals surface area contributed by atoms with Crippen molar-refractivity contribution in [1.29, 1.82) is 0 Å². The zero-order valence-electron chi connectivity index (χ0n) is 12.4. The monoisotopic (exact) mass is 276 g/mol. The smallest absolute Gasteiger partial charge is 0.240 e. The Labute approximate surface area is 120 Å². The van der Waals surface area contributed by atoms with Crippen LogP contribution in [-0.2, 0) is 4.79 Å². The second kappa shape index (κ2) is 9.13. The van der Waals surface area contributed by atoms with Crippen LogP contribution in [0.25, 0.3) is 0 Å². The first-order valence-electron chi connectivity index (χ1n) is 7.25. The number of carbonyl (C=O) groups is 1.